The number of anilines is 2. The highest BCUT2D eigenvalue weighted by Gasteiger charge is 2.06. The zero-order valence-electron chi connectivity index (χ0n) is 17.1. The minimum atomic E-state index is -0.489. The molecule has 2 amide bonds. The predicted molar refractivity (Wildman–Crippen MR) is 126 cm³/mol. The van der Waals surface area contributed by atoms with Crippen LogP contribution in [-0.4, -0.2) is 21.9 Å². The molecule has 0 unspecified atom stereocenters. The maximum Gasteiger partial charge on any atom is 0.269 e. The zero-order chi connectivity index (χ0) is 22.6. The van der Waals surface area contributed by atoms with E-state index in [4.69, 9.17) is 12.2 Å². The number of carbonyl (C=O) groups excluding carboxylic acids is 2. The van der Waals surface area contributed by atoms with Gasteiger partial charge in [0.05, 0.1) is 4.92 Å². The molecule has 3 N–H and O–H groups in total. The first-order chi connectivity index (χ1) is 14.9. The maximum atomic E-state index is 12.0. The molecule has 0 saturated heterocycles. The summed E-state index contributed by atoms with van der Waals surface area (Å²) in [5.41, 5.74) is 1.88. The van der Waals surface area contributed by atoms with Crippen LogP contribution < -0.4 is 16.0 Å². The van der Waals surface area contributed by atoms with Gasteiger partial charge in [0, 0.05) is 36.0 Å². The molecule has 2 rings (SSSR count). The van der Waals surface area contributed by atoms with Gasteiger partial charge in [0.2, 0.25) is 11.8 Å². The number of nitro groups is 1. The van der Waals surface area contributed by atoms with E-state index < -0.39 is 10.8 Å². The molecule has 162 valence electrons. The Morgan fingerprint density at radius 2 is 1.74 bits per heavy atom. The highest BCUT2D eigenvalue weighted by Crippen LogP contribution is 2.16. The van der Waals surface area contributed by atoms with Crippen LogP contribution in [0.3, 0.4) is 0 Å². The van der Waals surface area contributed by atoms with Gasteiger partial charge in [-0.3, -0.25) is 25.0 Å². The molecule has 2 aromatic rings. The fourth-order valence-corrected chi connectivity index (χ4v) is 2.85. The lowest BCUT2D eigenvalue weighted by Crippen LogP contribution is -2.32. The Labute approximate surface area is 185 Å². The van der Waals surface area contributed by atoms with E-state index in [0.717, 1.165) is 19.3 Å². The van der Waals surface area contributed by atoms with Crippen LogP contribution in [0, 0.1) is 10.1 Å². The molecule has 9 heteroatoms. The number of benzene rings is 2. The first-order valence-electron chi connectivity index (χ1n) is 9.82. The summed E-state index contributed by atoms with van der Waals surface area (Å²) in [6, 6.07) is 12.8. The van der Waals surface area contributed by atoms with Crippen molar-refractivity contribution < 1.29 is 14.5 Å². The van der Waals surface area contributed by atoms with Gasteiger partial charge < -0.3 is 10.6 Å². The van der Waals surface area contributed by atoms with Crippen LogP contribution in [0.2, 0.25) is 0 Å². The predicted octanol–water partition coefficient (Wildman–Crippen LogP) is 4.64. The van der Waals surface area contributed by atoms with E-state index in [9.17, 15) is 19.7 Å². The number of thiocarbonyl (C=S) groups is 1. The van der Waals surface area contributed by atoms with Crippen molar-refractivity contribution in [2.45, 2.75) is 32.6 Å². The summed E-state index contributed by atoms with van der Waals surface area (Å²) in [6.07, 6.45) is 6.20. The molecule has 0 aliphatic heterocycles. The van der Waals surface area contributed by atoms with Crippen molar-refractivity contribution >= 4 is 52.3 Å². The Morgan fingerprint density at radius 3 is 2.39 bits per heavy atom. The van der Waals surface area contributed by atoms with Crippen molar-refractivity contribution in [2.75, 3.05) is 10.6 Å². The van der Waals surface area contributed by atoms with Crippen LogP contribution in [0.4, 0.5) is 17.1 Å². The molecule has 0 atom stereocenters. The summed E-state index contributed by atoms with van der Waals surface area (Å²) in [5, 5.41) is 19.0. The number of carbonyl (C=O) groups is 2. The smallest absolute Gasteiger partial charge is 0.269 e. The molecule has 0 heterocycles. The molecule has 0 aliphatic carbocycles. The van der Waals surface area contributed by atoms with E-state index in [1.165, 1.54) is 24.3 Å². The molecule has 0 fully saturated rings. The number of amides is 2. The average Bonchev–Trinajstić information content (AvgIpc) is 2.73. The third-order valence-corrected chi connectivity index (χ3v) is 4.38. The lowest BCUT2D eigenvalue weighted by Gasteiger charge is -2.10. The van der Waals surface area contributed by atoms with Crippen LogP contribution in [-0.2, 0) is 9.59 Å². The number of hydrogen-bond acceptors (Lipinski definition) is 5. The molecule has 0 spiro atoms. The van der Waals surface area contributed by atoms with Crippen LogP contribution in [0.1, 0.15) is 38.2 Å². The number of nitrogens with zero attached hydrogens (tertiary/aromatic N) is 1. The van der Waals surface area contributed by atoms with Crippen molar-refractivity contribution in [3.63, 3.8) is 0 Å². The van der Waals surface area contributed by atoms with Crippen molar-refractivity contribution in [2.24, 2.45) is 0 Å². The number of non-ortho nitro benzene ring substituents is 1. The molecule has 0 radical (unpaired) electrons. The number of rotatable bonds is 9. The third-order valence-electron chi connectivity index (χ3n) is 4.18. The Bertz CT molecular complexity index is 974. The summed E-state index contributed by atoms with van der Waals surface area (Å²) in [4.78, 5) is 34.2. The van der Waals surface area contributed by atoms with Gasteiger partial charge in [-0.1, -0.05) is 25.8 Å². The molecular formula is C22H24N4O4S. The van der Waals surface area contributed by atoms with Crippen LogP contribution in [0.5, 0.6) is 0 Å². The van der Waals surface area contributed by atoms with E-state index in [0.29, 0.717) is 23.4 Å². The monoisotopic (exact) mass is 440 g/mol. The molecule has 31 heavy (non-hydrogen) atoms. The van der Waals surface area contributed by atoms with Gasteiger partial charge >= 0.3 is 0 Å². The van der Waals surface area contributed by atoms with Crippen molar-refractivity contribution in [1.82, 2.24) is 5.32 Å². The molecule has 8 nitrogen and oxygen atoms in total. The summed E-state index contributed by atoms with van der Waals surface area (Å²) in [7, 11) is 0. The highest BCUT2D eigenvalue weighted by molar-refractivity contribution is 7.80. The van der Waals surface area contributed by atoms with E-state index in [-0.39, 0.29) is 16.7 Å². The van der Waals surface area contributed by atoms with Gasteiger partial charge in [0.25, 0.3) is 5.69 Å². The number of unbranched alkanes of at least 4 members (excludes halogenated alkanes) is 2. The standard InChI is InChI=1S/C22H24N4O4S/c1-2-3-4-8-20(27)23-17-6-5-7-18(15-17)24-22(31)25-21(28)14-11-16-9-12-19(13-10-16)26(29)30/h5-7,9-15H,2-4,8H2,1H3,(H,23,27)(H2,24,25,28,31)/b14-11+. The Balaban J connectivity index is 1.85. The van der Waals surface area contributed by atoms with Gasteiger partial charge in [-0.25, -0.2) is 0 Å². The Morgan fingerprint density at radius 1 is 1.06 bits per heavy atom. The molecule has 2 aromatic carbocycles. The van der Waals surface area contributed by atoms with Gasteiger partial charge in [-0.2, -0.15) is 0 Å². The third kappa shape index (κ3) is 8.75. The van der Waals surface area contributed by atoms with E-state index >= 15 is 0 Å². The summed E-state index contributed by atoms with van der Waals surface area (Å²) in [6.45, 7) is 2.08. The molecule has 0 saturated carbocycles. The van der Waals surface area contributed by atoms with E-state index in [1.54, 1.807) is 36.4 Å². The molecule has 0 bridgehead atoms. The van der Waals surface area contributed by atoms with Gasteiger partial charge in [-0.05, 0) is 60.6 Å². The quantitative estimate of drug-likeness (QED) is 0.172. The lowest BCUT2D eigenvalue weighted by atomic mass is 10.2. The first-order valence-corrected chi connectivity index (χ1v) is 10.2. The van der Waals surface area contributed by atoms with Crippen LogP contribution in [0.25, 0.3) is 6.08 Å². The summed E-state index contributed by atoms with van der Waals surface area (Å²) >= 11 is 5.15. The molecule has 0 aromatic heterocycles. The summed E-state index contributed by atoms with van der Waals surface area (Å²) < 4.78 is 0. The fraction of sp³-hybridized carbons (Fsp3) is 0.227. The second kappa shape index (κ2) is 12.2. The second-order valence-corrected chi connectivity index (χ2v) is 7.12. The van der Waals surface area contributed by atoms with Crippen molar-refractivity contribution in [3.8, 4) is 0 Å². The van der Waals surface area contributed by atoms with Crippen molar-refractivity contribution in [1.29, 1.82) is 0 Å². The SMILES string of the molecule is CCCCCC(=O)Nc1cccc(NC(=S)NC(=O)/C=C/c2ccc([N+](=O)[O-])cc2)c1. The van der Waals surface area contributed by atoms with Gasteiger partial charge in [0.1, 0.15) is 0 Å². The van der Waals surface area contributed by atoms with Crippen LogP contribution >= 0.6 is 12.2 Å². The number of hydrogen-bond donors (Lipinski definition) is 3. The zero-order valence-corrected chi connectivity index (χ0v) is 17.9. The maximum absolute atomic E-state index is 12.0. The normalized spacial score (nSPS) is 10.5. The van der Waals surface area contributed by atoms with Crippen LogP contribution in [0.15, 0.2) is 54.6 Å². The molecular weight excluding hydrogens is 416 g/mol. The van der Waals surface area contributed by atoms with Crippen molar-refractivity contribution in [3.05, 3.63) is 70.3 Å². The minimum Gasteiger partial charge on any atom is -0.332 e. The second-order valence-electron chi connectivity index (χ2n) is 6.71. The summed E-state index contributed by atoms with van der Waals surface area (Å²) in [5.74, 6) is -0.492. The minimum absolute atomic E-state index is 0.0219. The first kappa shape index (κ1) is 23.7. The average molecular weight is 441 g/mol. The fourth-order valence-electron chi connectivity index (χ4n) is 2.63. The topological polar surface area (TPSA) is 113 Å². The van der Waals surface area contributed by atoms with Gasteiger partial charge in [0.15, 0.2) is 5.11 Å². The highest BCUT2D eigenvalue weighted by atomic mass is 32.1. The van der Waals surface area contributed by atoms with E-state index in [1.807, 2.05) is 0 Å². The number of nitrogens with one attached hydrogen (secondary N) is 3. The van der Waals surface area contributed by atoms with Gasteiger partial charge in [-0.15, -0.1) is 0 Å². The lowest BCUT2D eigenvalue weighted by molar-refractivity contribution is -0.384. The molecule has 0 aliphatic rings. The Hall–Kier alpha value is -3.59. The number of nitro benzene ring substituents is 1. The Kier molecular flexibility index (Phi) is 9.31. The van der Waals surface area contributed by atoms with E-state index in [2.05, 4.69) is 22.9 Å². The largest absolute Gasteiger partial charge is 0.332 e.